The van der Waals surface area contributed by atoms with Gasteiger partial charge in [0.1, 0.15) is 25.1 Å². The molecule has 12 nitrogen and oxygen atoms in total. The number of anilines is 1. The van der Waals surface area contributed by atoms with Gasteiger partial charge in [0.25, 0.3) is 0 Å². The minimum atomic E-state index is -1.24. The molecule has 0 radical (unpaired) electrons. The molecule has 1 aliphatic heterocycles. The van der Waals surface area contributed by atoms with Gasteiger partial charge in [-0.3, -0.25) is 9.59 Å². The summed E-state index contributed by atoms with van der Waals surface area (Å²) >= 11 is 0. The maximum Gasteiger partial charge on any atom is 0.410 e. The normalized spacial score (nSPS) is 20.8. The number of amides is 3. The van der Waals surface area contributed by atoms with Crippen LogP contribution in [0.25, 0.3) is 0 Å². The molecule has 3 fully saturated rings. The summed E-state index contributed by atoms with van der Waals surface area (Å²) in [6.07, 6.45) is 12.0. The lowest BCUT2D eigenvalue weighted by Crippen LogP contribution is -2.52. The van der Waals surface area contributed by atoms with Gasteiger partial charge in [-0.1, -0.05) is 74.9 Å². The van der Waals surface area contributed by atoms with E-state index in [1.807, 2.05) is 48.5 Å². The van der Waals surface area contributed by atoms with E-state index >= 15 is 0 Å². The van der Waals surface area contributed by atoms with Crippen molar-refractivity contribution in [2.24, 2.45) is 17.8 Å². The van der Waals surface area contributed by atoms with Crippen molar-refractivity contribution in [2.45, 2.75) is 95.4 Å². The number of hydrogen-bond donors (Lipinski definition) is 4. The van der Waals surface area contributed by atoms with E-state index in [1.165, 1.54) is 12.8 Å². The minimum Gasteiger partial charge on any atom is -0.480 e. The lowest BCUT2D eigenvalue weighted by atomic mass is 9.69. The molecule has 0 spiro atoms. The van der Waals surface area contributed by atoms with Gasteiger partial charge in [0.15, 0.2) is 0 Å². The van der Waals surface area contributed by atoms with Gasteiger partial charge in [-0.15, -0.1) is 0 Å². The quantitative estimate of drug-likeness (QED) is 0.209. The molecule has 266 valence electrons. The Balaban J connectivity index is 1.12. The van der Waals surface area contributed by atoms with E-state index < -0.39 is 30.1 Å². The number of aliphatic carboxylic acids is 1. The number of nitrogens with zero attached hydrogens (tertiary/aromatic N) is 2. The second-order valence-corrected chi connectivity index (χ2v) is 13.6. The summed E-state index contributed by atoms with van der Waals surface area (Å²) in [5, 5.41) is 18.6. The maximum absolute atomic E-state index is 13.6. The standard InChI is InChI=1S/C37H51N5O7/c43-33(40-22-31(36(45)46)41-35(44)34(27-14-6-2-7-15-27)28-16-8-3-9-17-28)25-48-30-20-29(21-39-32-18-10-11-19-38-32)42(23-30)37(47)49-24-26-12-4-1-5-13-26/h1,4-5,10-13,18-19,27-31,34H,2-3,6-9,14-17,20-25H2,(H,38,39)(H,40,43)(H,41,44)(H,45,46). The third kappa shape index (κ3) is 10.9. The number of carbonyl (C=O) groups is 4. The van der Waals surface area contributed by atoms with E-state index in [0.717, 1.165) is 56.9 Å². The second-order valence-electron chi connectivity index (χ2n) is 13.6. The molecule has 3 unspecified atom stereocenters. The molecule has 1 aromatic carbocycles. The van der Waals surface area contributed by atoms with Gasteiger partial charge >= 0.3 is 12.1 Å². The smallest absolute Gasteiger partial charge is 0.410 e. The zero-order valence-corrected chi connectivity index (χ0v) is 28.3. The topological polar surface area (TPSA) is 159 Å². The zero-order valence-electron chi connectivity index (χ0n) is 28.3. The summed E-state index contributed by atoms with van der Waals surface area (Å²) in [6.45, 7) is 0.211. The summed E-state index contributed by atoms with van der Waals surface area (Å²) in [4.78, 5) is 57.7. The lowest BCUT2D eigenvalue weighted by Gasteiger charge is -2.37. The number of benzene rings is 1. The number of carboxylic acids is 1. The number of nitrogens with one attached hydrogen (secondary N) is 3. The summed E-state index contributed by atoms with van der Waals surface area (Å²) in [5.41, 5.74) is 0.872. The van der Waals surface area contributed by atoms with Crippen molar-refractivity contribution >= 4 is 29.7 Å². The van der Waals surface area contributed by atoms with E-state index in [-0.39, 0.29) is 56.0 Å². The third-order valence-electron chi connectivity index (χ3n) is 10.2. The predicted octanol–water partition coefficient (Wildman–Crippen LogP) is 4.75. The van der Waals surface area contributed by atoms with E-state index in [9.17, 15) is 24.3 Å². The summed E-state index contributed by atoms with van der Waals surface area (Å²) in [7, 11) is 0. The number of carboxylic acid groups (broad SMARTS) is 1. The monoisotopic (exact) mass is 677 g/mol. The minimum absolute atomic E-state index is 0.133. The number of aromatic nitrogens is 1. The Morgan fingerprint density at radius 2 is 1.57 bits per heavy atom. The Bertz CT molecular complexity index is 1330. The van der Waals surface area contributed by atoms with Gasteiger partial charge in [0.05, 0.1) is 18.7 Å². The molecule has 49 heavy (non-hydrogen) atoms. The van der Waals surface area contributed by atoms with Crippen LogP contribution in [-0.2, 0) is 30.5 Å². The third-order valence-corrected chi connectivity index (χ3v) is 10.2. The van der Waals surface area contributed by atoms with Gasteiger partial charge in [0.2, 0.25) is 11.8 Å². The van der Waals surface area contributed by atoms with Crippen LogP contribution in [-0.4, -0.2) is 83.3 Å². The largest absolute Gasteiger partial charge is 0.480 e. The van der Waals surface area contributed by atoms with Crippen molar-refractivity contribution in [1.29, 1.82) is 0 Å². The van der Waals surface area contributed by atoms with Gasteiger partial charge in [-0.05, 0) is 61.6 Å². The van der Waals surface area contributed by atoms with Crippen LogP contribution in [0.2, 0.25) is 0 Å². The van der Waals surface area contributed by atoms with Crippen LogP contribution < -0.4 is 16.0 Å². The van der Waals surface area contributed by atoms with Crippen molar-refractivity contribution in [3.05, 3.63) is 60.3 Å². The summed E-state index contributed by atoms with van der Waals surface area (Å²) < 4.78 is 11.5. The highest BCUT2D eigenvalue weighted by molar-refractivity contribution is 5.86. The molecule has 2 heterocycles. The molecule has 2 aliphatic carbocycles. The number of rotatable bonds is 15. The molecule has 1 aromatic heterocycles. The number of carbonyl (C=O) groups excluding carboxylic acids is 3. The van der Waals surface area contributed by atoms with Crippen molar-refractivity contribution in [2.75, 3.05) is 31.6 Å². The Labute approximate surface area is 288 Å². The molecule has 4 N–H and O–H groups in total. The highest BCUT2D eigenvalue weighted by Crippen LogP contribution is 2.40. The SMILES string of the molecule is O=C(COC1CC(CNc2ccccn2)N(C(=O)OCc2ccccc2)C1)NCC(NC(=O)C(C1CCCCC1)C1CCCCC1)C(=O)O. The molecule has 3 atom stereocenters. The molecular weight excluding hydrogens is 626 g/mol. The molecule has 1 saturated heterocycles. The van der Waals surface area contributed by atoms with E-state index in [1.54, 1.807) is 11.1 Å². The van der Waals surface area contributed by atoms with Gasteiger partial charge in [-0.2, -0.15) is 0 Å². The van der Waals surface area contributed by atoms with Crippen molar-refractivity contribution < 1.29 is 33.8 Å². The number of ether oxygens (including phenoxy) is 2. The Morgan fingerprint density at radius 3 is 2.20 bits per heavy atom. The fourth-order valence-corrected chi connectivity index (χ4v) is 7.63. The molecule has 0 bridgehead atoms. The first kappa shape index (κ1) is 36.1. The van der Waals surface area contributed by atoms with Crippen LogP contribution in [0.3, 0.4) is 0 Å². The zero-order chi connectivity index (χ0) is 34.4. The van der Waals surface area contributed by atoms with Gasteiger partial charge in [0, 0.05) is 25.2 Å². The van der Waals surface area contributed by atoms with Crippen molar-refractivity contribution in [3.63, 3.8) is 0 Å². The predicted molar refractivity (Wildman–Crippen MR) is 183 cm³/mol. The highest BCUT2D eigenvalue weighted by Gasteiger charge is 2.39. The maximum atomic E-state index is 13.6. The van der Waals surface area contributed by atoms with Gasteiger partial charge in [-0.25, -0.2) is 14.6 Å². The molecule has 12 heteroatoms. The van der Waals surface area contributed by atoms with Crippen LogP contribution in [0.4, 0.5) is 10.6 Å². The first-order valence-corrected chi connectivity index (χ1v) is 17.9. The molecule has 5 rings (SSSR count). The van der Waals surface area contributed by atoms with Crippen molar-refractivity contribution in [1.82, 2.24) is 20.5 Å². The molecule has 3 aliphatic rings. The number of likely N-dealkylation sites (tertiary alicyclic amines) is 1. The molecule has 2 aromatic rings. The van der Waals surface area contributed by atoms with E-state index in [2.05, 4.69) is 20.9 Å². The molecular formula is C37H51N5O7. The van der Waals surface area contributed by atoms with Crippen LogP contribution in [0.5, 0.6) is 0 Å². The van der Waals surface area contributed by atoms with E-state index in [0.29, 0.717) is 18.8 Å². The van der Waals surface area contributed by atoms with E-state index in [4.69, 9.17) is 9.47 Å². The van der Waals surface area contributed by atoms with Crippen LogP contribution >= 0.6 is 0 Å². The summed E-state index contributed by atoms with van der Waals surface area (Å²) in [5.74, 6) is -0.849. The van der Waals surface area contributed by atoms with Crippen molar-refractivity contribution in [3.8, 4) is 0 Å². The average molecular weight is 678 g/mol. The van der Waals surface area contributed by atoms with Gasteiger partial charge < -0.3 is 35.4 Å². The Kier molecular flexibility index (Phi) is 13.7. The Hall–Kier alpha value is -4.19. The molecule has 3 amide bonds. The van der Waals surface area contributed by atoms with Crippen LogP contribution in [0, 0.1) is 17.8 Å². The fraction of sp³-hybridized carbons (Fsp3) is 0.595. The average Bonchev–Trinajstić information content (AvgIpc) is 3.55. The molecule has 2 saturated carbocycles. The first-order valence-electron chi connectivity index (χ1n) is 17.9. The van der Waals surface area contributed by atoms with Crippen LogP contribution in [0.15, 0.2) is 54.7 Å². The number of pyridine rings is 1. The number of hydrogen-bond acceptors (Lipinski definition) is 8. The highest BCUT2D eigenvalue weighted by atomic mass is 16.6. The summed E-state index contributed by atoms with van der Waals surface area (Å²) in [6, 6.07) is 13.4. The lowest BCUT2D eigenvalue weighted by molar-refractivity contribution is -0.143. The fourth-order valence-electron chi connectivity index (χ4n) is 7.63. The Morgan fingerprint density at radius 1 is 0.898 bits per heavy atom. The first-order chi connectivity index (χ1) is 23.9. The van der Waals surface area contributed by atoms with Crippen LogP contribution in [0.1, 0.15) is 76.2 Å². The second kappa shape index (κ2) is 18.5.